The molecule has 1 aliphatic heterocycles. The van der Waals surface area contributed by atoms with Crippen molar-refractivity contribution in [2.24, 2.45) is 11.7 Å². The number of nitrogens with zero attached hydrogens (tertiary/aromatic N) is 1. The number of carbonyl (C=O) groups excluding carboxylic acids is 1. The highest BCUT2D eigenvalue weighted by Crippen LogP contribution is 2.33. The Bertz CT molecular complexity index is 462. The van der Waals surface area contributed by atoms with Gasteiger partial charge in [0.15, 0.2) is 0 Å². The number of benzene rings is 1. The van der Waals surface area contributed by atoms with Crippen molar-refractivity contribution in [1.29, 1.82) is 0 Å². The Labute approximate surface area is 110 Å². The average Bonchev–Trinajstić information content (AvgIpc) is 2.65. The molecule has 1 atom stereocenters. The van der Waals surface area contributed by atoms with E-state index in [9.17, 15) is 4.79 Å². The van der Waals surface area contributed by atoms with Crippen molar-refractivity contribution in [3.05, 3.63) is 27.7 Å². The molecule has 5 heteroatoms. The van der Waals surface area contributed by atoms with Crippen molar-refractivity contribution in [2.45, 2.75) is 13.3 Å². The normalized spacial score (nSPS) is 20.1. The Morgan fingerprint density at radius 3 is 2.65 bits per heavy atom. The fourth-order valence-electron chi connectivity index (χ4n) is 2.10. The number of aryl methyl sites for hydroxylation is 1. The van der Waals surface area contributed by atoms with Crippen LogP contribution in [0.1, 0.15) is 12.0 Å². The summed E-state index contributed by atoms with van der Waals surface area (Å²) in [5.41, 5.74) is 7.39. The van der Waals surface area contributed by atoms with Crippen molar-refractivity contribution in [3.8, 4) is 0 Å². The molecule has 0 radical (unpaired) electrons. The van der Waals surface area contributed by atoms with E-state index in [0.29, 0.717) is 29.6 Å². The zero-order valence-electron chi connectivity index (χ0n) is 9.54. The minimum atomic E-state index is 0.0990. The van der Waals surface area contributed by atoms with Crippen LogP contribution < -0.4 is 10.6 Å². The largest absolute Gasteiger partial charge is 0.330 e. The molecule has 1 amide bonds. The van der Waals surface area contributed by atoms with Gasteiger partial charge >= 0.3 is 0 Å². The zero-order valence-corrected chi connectivity index (χ0v) is 11.1. The van der Waals surface area contributed by atoms with Crippen molar-refractivity contribution in [1.82, 2.24) is 0 Å². The number of hydrogen-bond acceptors (Lipinski definition) is 2. The lowest BCUT2D eigenvalue weighted by Gasteiger charge is -2.19. The number of hydrogen-bond donors (Lipinski definition) is 1. The molecule has 0 saturated carbocycles. The summed E-state index contributed by atoms with van der Waals surface area (Å²) in [6, 6.07) is 3.53. The average molecular weight is 273 g/mol. The quantitative estimate of drug-likeness (QED) is 0.900. The Hall–Kier alpha value is -0.770. The second-order valence-corrected chi connectivity index (χ2v) is 5.18. The molecular formula is C12H14Cl2N2O. The first-order valence-corrected chi connectivity index (χ1v) is 6.24. The number of halogens is 2. The maximum Gasteiger partial charge on any atom is 0.227 e. The lowest BCUT2D eigenvalue weighted by atomic mass is 10.1. The van der Waals surface area contributed by atoms with Crippen LogP contribution in [-0.2, 0) is 4.79 Å². The fourth-order valence-corrected chi connectivity index (χ4v) is 2.47. The highest BCUT2D eigenvalue weighted by atomic mass is 35.5. The number of anilines is 1. The molecule has 1 aromatic carbocycles. The van der Waals surface area contributed by atoms with Gasteiger partial charge in [0.2, 0.25) is 5.91 Å². The van der Waals surface area contributed by atoms with Gasteiger partial charge in [-0.1, -0.05) is 23.2 Å². The van der Waals surface area contributed by atoms with Gasteiger partial charge < -0.3 is 10.6 Å². The van der Waals surface area contributed by atoms with E-state index in [1.807, 2.05) is 6.92 Å². The Morgan fingerprint density at radius 2 is 2.06 bits per heavy atom. The van der Waals surface area contributed by atoms with Crippen LogP contribution in [0.3, 0.4) is 0 Å². The third-order valence-electron chi connectivity index (χ3n) is 3.07. The zero-order chi connectivity index (χ0) is 12.6. The summed E-state index contributed by atoms with van der Waals surface area (Å²) < 4.78 is 0. The van der Waals surface area contributed by atoms with Crippen LogP contribution in [0.15, 0.2) is 12.1 Å². The van der Waals surface area contributed by atoms with Gasteiger partial charge in [0, 0.05) is 18.7 Å². The molecule has 1 fully saturated rings. The monoisotopic (exact) mass is 272 g/mol. The predicted molar refractivity (Wildman–Crippen MR) is 70.7 cm³/mol. The van der Waals surface area contributed by atoms with Crippen molar-refractivity contribution in [2.75, 3.05) is 18.0 Å². The molecule has 1 unspecified atom stereocenters. The molecule has 0 bridgehead atoms. The molecule has 0 spiro atoms. The van der Waals surface area contributed by atoms with Gasteiger partial charge in [-0.25, -0.2) is 0 Å². The highest BCUT2D eigenvalue weighted by molar-refractivity contribution is 6.42. The van der Waals surface area contributed by atoms with Crippen LogP contribution in [0.25, 0.3) is 0 Å². The van der Waals surface area contributed by atoms with E-state index in [4.69, 9.17) is 28.9 Å². The SMILES string of the molecule is Cc1cc(Cl)c(Cl)cc1N1CC(CN)CC1=O. The van der Waals surface area contributed by atoms with E-state index >= 15 is 0 Å². The van der Waals surface area contributed by atoms with E-state index in [1.165, 1.54) is 0 Å². The van der Waals surface area contributed by atoms with Crippen molar-refractivity contribution < 1.29 is 4.79 Å². The smallest absolute Gasteiger partial charge is 0.227 e. The molecule has 1 heterocycles. The maximum absolute atomic E-state index is 11.9. The molecule has 0 aromatic heterocycles. The Kier molecular flexibility index (Phi) is 3.61. The molecule has 1 saturated heterocycles. The van der Waals surface area contributed by atoms with E-state index in [2.05, 4.69) is 0 Å². The van der Waals surface area contributed by atoms with Crippen LogP contribution in [-0.4, -0.2) is 19.0 Å². The third kappa shape index (κ3) is 2.41. The van der Waals surface area contributed by atoms with E-state index in [0.717, 1.165) is 11.3 Å². The van der Waals surface area contributed by atoms with Crippen LogP contribution >= 0.6 is 23.2 Å². The first kappa shape index (κ1) is 12.7. The summed E-state index contributed by atoms with van der Waals surface area (Å²) in [6.07, 6.45) is 0.510. The molecule has 3 nitrogen and oxygen atoms in total. The van der Waals surface area contributed by atoms with E-state index in [-0.39, 0.29) is 11.8 Å². The van der Waals surface area contributed by atoms with Crippen LogP contribution in [0.5, 0.6) is 0 Å². The Morgan fingerprint density at radius 1 is 1.41 bits per heavy atom. The lowest BCUT2D eigenvalue weighted by molar-refractivity contribution is -0.117. The lowest BCUT2D eigenvalue weighted by Crippen LogP contribution is -2.26. The van der Waals surface area contributed by atoms with Gasteiger partial charge in [0.25, 0.3) is 0 Å². The number of carbonyl (C=O) groups is 1. The predicted octanol–water partition coefficient (Wildman–Crippen LogP) is 2.61. The van der Waals surface area contributed by atoms with Gasteiger partial charge in [0.05, 0.1) is 10.0 Å². The van der Waals surface area contributed by atoms with Crippen LogP contribution in [0.4, 0.5) is 5.69 Å². The first-order valence-electron chi connectivity index (χ1n) is 5.49. The standard InChI is InChI=1S/C12H14Cl2N2O/c1-7-2-9(13)10(14)4-11(7)16-6-8(5-15)3-12(16)17/h2,4,8H,3,5-6,15H2,1H3. The number of amides is 1. The molecule has 1 aliphatic rings. The minimum Gasteiger partial charge on any atom is -0.330 e. The summed E-state index contributed by atoms with van der Waals surface area (Å²) in [6.45, 7) is 3.11. The molecule has 2 rings (SSSR count). The Balaban J connectivity index is 2.35. The van der Waals surface area contributed by atoms with E-state index in [1.54, 1.807) is 17.0 Å². The minimum absolute atomic E-state index is 0.0990. The van der Waals surface area contributed by atoms with Gasteiger partial charge in [-0.2, -0.15) is 0 Å². The van der Waals surface area contributed by atoms with Gasteiger partial charge in [-0.05, 0) is 37.1 Å². The maximum atomic E-state index is 11.9. The van der Waals surface area contributed by atoms with Gasteiger partial charge in [0.1, 0.15) is 0 Å². The van der Waals surface area contributed by atoms with Crippen LogP contribution in [0.2, 0.25) is 10.0 Å². The fraction of sp³-hybridized carbons (Fsp3) is 0.417. The summed E-state index contributed by atoms with van der Waals surface area (Å²) in [4.78, 5) is 13.6. The second-order valence-electron chi connectivity index (χ2n) is 4.36. The first-order chi connectivity index (χ1) is 8.02. The van der Waals surface area contributed by atoms with Gasteiger partial charge in [-0.15, -0.1) is 0 Å². The molecule has 1 aromatic rings. The summed E-state index contributed by atoms with van der Waals surface area (Å²) >= 11 is 11.9. The summed E-state index contributed by atoms with van der Waals surface area (Å²) in [5, 5.41) is 0.978. The van der Waals surface area contributed by atoms with Crippen molar-refractivity contribution in [3.63, 3.8) is 0 Å². The van der Waals surface area contributed by atoms with Gasteiger partial charge in [-0.3, -0.25) is 4.79 Å². The second kappa shape index (κ2) is 4.84. The summed E-state index contributed by atoms with van der Waals surface area (Å²) in [7, 11) is 0. The topological polar surface area (TPSA) is 46.3 Å². The molecule has 92 valence electrons. The highest BCUT2D eigenvalue weighted by Gasteiger charge is 2.30. The number of rotatable bonds is 2. The third-order valence-corrected chi connectivity index (χ3v) is 3.79. The van der Waals surface area contributed by atoms with E-state index < -0.39 is 0 Å². The molecule has 0 aliphatic carbocycles. The molecular weight excluding hydrogens is 259 g/mol. The summed E-state index contributed by atoms with van der Waals surface area (Å²) in [5.74, 6) is 0.332. The van der Waals surface area contributed by atoms with Crippen molar-refractivity contribution >= 4 is 34.8 Å². The molecule has 17 heavy (non-hydrogen) atoms. The molecule has 2 N–H and O–H groups in total. The number of nitrogens with two attached hydrogens (primary N) is 1. The van der Waals surface area contributed by atoms with Crippen LogP contribution in [0, 0.1) is 12.8 Å².